The van der Waals surface area contributed by atoms with Crippen molar-refractivity contribution in [3.8, 4) is 0 Å². The van der Waals surface area contributed by atoms with Gasteiger partial charge < -0.3 is 4.31 Å². The van der Waals surface area contributed by atoms with Crippen molar-refractivity contribution in [2.24, 2.45) is 0 Å². The third-order valence-corrected chi connectivity index (χ3v) is 3.84. The van der Waals surface area contributed by atoms with Crippen LogP contribution in [0.5, 0.6) is 0 Å². The number of nitrogens with zero attached hydrogens (tertiary/aromatic N) is 1. The fraction of sp³-hybridized carbons (Fsp3) is 0.0714. The van der Waals surface area contributed by atoms with Gasteiger partial charge in [-0.1, -0.05) is 36.4 Å². The topological polar surface area (TPSA) is 20.3 Å². The van der Waals surface area contributed by atoms with Crippen molar-refractivity contribution in [2.75, 3.05) is 10.8 Å². The Kier molecular flexibility index (Phi) is 2.61. The number of Topliss-reactive ketones (excluding diaryl/α,β-unsaturated/α-hetero) is 1. The van der Waals surface area contributed by atoms with Crippen molar-refractivity contribution in [3.63, 3.8) is 0 Å². The molecule has 0 saturated carbocycles. The van der Waals surface area contributed by atoms with Gasteiger partial charge in [-0.25, -0.2) is 0 Å². The minimum Gasteiger partial charge on any atom is -0.304 e. The Labute approximate surface area is 104 Å². The van der Waals surface area contributed by atoms with Crippen LogP contribution in [-0.4, -0.2) is 12.3 Å². The van der Waals surface area contributed by atoms with Crippen LogP contribution < -0.4 is 4.31 Å². The molecule has 0 spiro atoms. The lowest BCUT2D eigenvalue weighted by molar-refractivity contribution is 0.0998. The molecule has 0 fully saturated rings. The van der Waals surface area contributed by atoms with Crippen LogP contribution in [0.1, 0.15) is 10.4 Å². The summed E-state index contributed by atoms with van der Waals surface area (Å²) in [7, 11) is 0. The van der Waals surface area contributed by atoms with Gasteiger partial charge in [0.2, 0.25) is 0 Å². The zero-order valence-corrected chi connectivity index (χ0v) is 9.98. The van der Waals surface area contributed by atoms with Crippen molar-refractivity contribution >= 4 is 23.4 Å². The van der Waals surface area contributed by atoms with Gasteiger partial charge in [0.15, 0.2) is 5.78 Å². The minimum atomic E-state index is 0.184. The number of para-hydroxylation sites is 1. The summed E-state index contributed by atoms with van der Waals surface area (Å²) < 4.78 is 2.03. The zero-order chi connectivity index (χ0) is 11.7. The first kappa shape index (κ1) is 10.4. The van der Waals surface area contributed by atoms with Crippen LogP contribution in [0, 0.1) is 0 Å². The average Bonchev–Trinajstić information content (AvgIpc) is 2.40. The van der Waals surface area contributed by atoms with Gasteiger partial charge in [0.1, 0.15) is 0 Å². The monoisotopic (exact) mass is 241 g/mol. The smallest absolute Gasteiger partial charge is 0.184 e. The van der Waals surface area contributed by atoms with Crippen LogP contribution in [0.2, 0.25) is 0 Å². The molecule has 0 bridgehead atoms. The molecule has 0 N–H and O–H groups in total. The van der Waals surface area contributed by atoms with E-state index in [1.165, 1.54) is 0 Å². The molecule has 84 valence electrons. The number of hydrogen-bond donors (Lipinski definition) is 0. The number of rotatable bonds is 1. The average molecular weight is 241 g/mol. The number of carbonyl (C=O) groups excluding carboxylic acids is 1. The maximum Gasteiger partial charge on any atom is 0.184 e. The molecule has 0 amide bonds. The van der Waals surface area contributed by atoms with Crippen molar-refractivity contribution in [1.29, 1.82) is 0 Å². The molecular formula is C14H11NOS. The molecule has 1 aliphatic heterocycles. The van der Waals surface area contributed by atoms with Gasteiger partial charge in [-0.15, -0.1) is 0 Å². The molecule has 0 atom stereocenters. The molecule has 0 aliphatic carbocycles. The molecule has 0 unspecified atom stereocenters. The van der Waals surface area contributed by atoms with E-state index in [0.29, 0.717) is 6.54 Å². The fourth-order valence-corrected chi connectivity index (χ4v) is 2.95. The van der Waals surface area contributed by atoms with Crippen LogP contribution in [0.4, 0.5) is 5.69 Å². The Balaban J connectivity index is 1.97. The molecular weight excluding hydrogens is 230 g/mol. The van der Waals surface area contributed by atoms with Crippen molar-refractivity contribution in [2.45, 2.75) is 4.90 Å². The summed E-state index contributed by atoms with van der Waals surface area (Å²) in [5, 5.41) is 0. The van der Waals surface area contributed by atoms with E-state index >= 15 is 0 Å². The third kappa shape index (κ3) is 1.94. The van der Waals surface area contributed by atoms with Gasteiger partial charge in [-0.2, -0.15) is 0 Å². The van der Waals surface area contributed by atoms with Crippen molar-refractivity contribution in [3.05, 3.63) is 60.2 Å². The van der Waals surface area contributed by atoms with Gasteiger partial charge in [-0.05, 0) is 30.1 Å². The highest BCUT2D eigenvalue weighted by atomic mass is 32.2. The van der Waals surface area contributed by atoms with E-state index in [0.717, 1.165) is 16.1 Å². The highest BCUT2D eigenvalue weighted by Gasteiger charge is 2.23. The molecule has 2 aromatic rings. The van der Waals surface area contributed by atoms with Crippen LogP contribution >= 0.6 is 11.9 Å². The molecule has 3 rings (SSSR count). The van der Waals surface area contributed by atoms with Gasteiger partial charge >= 0.3 is 0 Å². The van der Waals surface area contributed by atoms with E-state index in [2.05, 4.69) is 0 Å². The predicted octanol–water partition coefficient (Wildman–Crippen LogP) is 3.40. The van der Waals surface area contributed by atoms with Crippen LogP contribution in [0.25, 0.3) is 0 Å². The van der Waals surface area contributed by atoms with E-state index in [4.69, 9.17) is 0 Å². The normalized spacial score (nSPS) is 14.6. The Morgan fingerprint density at radius 2 is 1.65 bits per heavy atom. The number of ketones is 1. The number of carbonyl (C=O) groups is 1. The minimum absolute atomic E-state index is 0.184. The number of benzene rings is 2. The largest absolute Gasteiger partial charge is 0.304 e. The van der Waals surface area contributed by atoms with E-state index in [9.17, 15) is 4.79 Å². The summed E-state index contributed by atoms with van der Waals surface area (Å²) in [6.45, 7) is 0.436. The number of hydrogen-bond acceptors (Lipinski definition) is 3. The second-order valence-electron chi connectivity index (χ2n) is 3.88. The summed E-state index contributed by atoms with van der Waals surface area (Å²) in [6, 6.07) is 17.8. The van der Waals surface area contributed by atoms with E-state index in [1.54, 1.807) is 11.9 Å². The SMILES string of the molecule is O=C1CN(c2ccccc2)Sc2ccccc21. The quantitative estimate of drug-likeness (QED) is 0.714. The van der Waals surface area contributed by atoms with E-state index in [-0.39, 0.29) is 5.78 Å². The maximum atomic E-state index is 12.0. The second kappa shape index (κ2) is 4.26. The molecule has 3 heteroatoms. The molecule has 1 aliphatic rings. The van der Waals surface area contributed by atoms with E-state index < -0.39 is 0 Å². The molecule has 0 aromatic heterocycles. The molecule has 17 heavy (non-hydrogen) atoms. The van der Waals surface area contributed by atoms with Gasteiger partial charge in [-0.3, -0.25) is 4.79 Å². The lowest BCUT2D eigenvalue weighted by atomic mass is 10.1. The van der Waals surface area contributed by atoms with Crippen LogP contribution in [0.3, 0.4) is 0 Å². The maximum absolute atomic E-state index is 12.0. The molecule has 1 heterocycles. The summed E-state index contributed by atoms with van der Waals surface area (Å²) in [5.74, 6) is 0.184. The Morgan fingerprint density at radius 1 is 0.941 bits per heavy atom. The predicted molar refractivity (Wildman–Crippen MR) is 70.4 cm³/mol. The summed E-state index contributed by atoms with van der Waals surface area (Å²) in [5.41, 5.74) is 1.91. The zero-order valence-electron chi connectivity index (χ0n) is 9.17. The molecule has 2 aromatic carbocycles. The summed E-state index contributed by atoms with van der Waals surface area (Å²) in [4.78, 5) is 13.0. The highest BCUT2D eigenvalue weighted by molar-refractivity contribution is 8.00. The Morgan fingerprint density at radius 3 is 2.47 bits per heavy atom. The Hall–Kier alpha value is -1.74. The summed E-state index contributed by atoms with van der Waals surface area (Å²) >= 11 is 1.63. The van der Waals surface area contributed by atoms with Gasteiger partial charge in [0.05, 0.1) is 6.54 Å². The van der Waals surface area contributed by atoms with Crippen LogP contribution in [0.15, 0.2) is 59.5 Å². The third-order valence-electron chi connectivity index (χ3n) is 2.73. The first-order valence-electron chi connectivity index (χ1n) is 5.47. The van der Waals surface area contributed by atoms with Crippen molar-refractivity contribution in [1.82, 2.24) is 0 Å². The lowest BCUT2D eigenvalue weighted by Crippen LogP contribution is -2.28. The van der Waals surface area contributed by atoms with Crippen LogP contribution in [-0.2, 0) is 0 Å². The highest BCUT2D eigenvalue weighted by Crippen LogP contribution is 2.35. The first-order chi connectivity index (χ1) is 8.34. The van der Waals surface area contributed by atoms with Gasteiger partial charge in [0.25, 0.3) is 0 Å². The molecule has 2 nitrogen and oxygen atoms in total. The van der Waals surface area contributed by atoms with E-state index in [1.807, 2.05) is 58.9 Å². The molecule has 0 saturated heterocycles. The second-order valence-corrected chi connectivity index (χ2v) is 4.95. The number of anilines is 1. The lowest BCUT2D eigenvalue weighted by Gasteiger charge is -2.27. The number of fused-ring (bicyclic) bond motifs is 1. The van der Waals surface area contributed by atoms with Gasteiger partial charge in [0, 0.05) is 16.1 Å². The van der Waals surface area contributed by atoms with Crippen molar-refractivity contribution < 1.29 is 4.79 Å². The fourth-order valence-electron chi connectivity index (χ4n) is 1.88. The Bertz CT molecular complexity index is 553. The molecule has 0 radical (unpaired) electrons. The summed E-state index contributed by atoms with van der Waals surface area (Å²) in [6.07, 6.45) is 0. The standard InChI is InChI=1S/C14H11NOS/c16-13-10-15(11-6-2-1-3-7-11)17-14-9-5-4-8-12(13)14/h1-9H,10H2. The first-order valence-corrected chi connectivity index (χ1v) is 6.25.